The zero-order chi connectivity index (χ0) is 10.7. The highest BCUT2D eigenvalue weighted by atomic mass is 15.2. The molecule has 0 spiro atoms. The van der Waals surface area contributed by atoms with Gasteiger partial charge in [0.2, 0.25) is 0 Å². The van der Waals surface area contributed by atoms with Crippen molar-refractivity contribution in [3.05, 3.63) is 35.4 Å². The Kier molecular flexibility index (Phi) is 3.42. The fourth-order valence-corrected chi connectivity index (χ4v) is 2.37. The Balaban J connectivity index is 1.88. The molecule has 1 aliphatic heterocycles. The lowest BCUT2D eigenvalue weighted by molar-refractivity contribution is 0.108. The largest absolute Gasteiger partial charge is 0.303 e. The van der Waals surface area contributed by atoms with Crippen molar-refractivity contribution < 1.29 is 0 Å². The molecule has 82 valence electrons. The molecule has 1 heterocycles. The van der Waals surface area contributed by atoms with Gasteiger partial charge in [-0.05, 0) is 36.4 Å². The maximum absolute atomic E-state index is 2.51. The topological polar surface area (TPSA) is 3.24 Å². The van der Waals surface area contributed by atoms with E-state index in [4.69, 9.17) is 0 Å². The Morgan fingerprint density at radius 1 is 1.20 bits per heavy atom. The maximum Gasteiger partial charge on any atom is 0.00251 e. The van der Waals surface area contributed by atoms with Crippen LogP contribution in [0.1, 0.15) is 25.0 Å². The highest BCUT2D eigenvalue weighted by molar-refractivity contribution is 5.24. The van der Waals surface area contributed by atoms with Crippen LogP contribution in [0, 0.1) is 5.92 Å². The highest BCUT2D eigenvalue weighted by Crippen LogP contribution is 2.20. The Hall–Kier alpha value is -0.820. The van der Waals surface area contributed by atoms with Crippen LogP contribution in [0.5, 0.6) is 0 Å². The summed E-state index contributed by atoms with van der Waals surface area (Å²) in [5.41, 5.74) is 2.99. The van der Waals surface area contributed by atoms with E-state index < -0.39 is 0 Å². The average molecular weight is 203 g/mol. The molecule has 0 atom stereocenters. The molecule has 1 saturated heterocycles. The molecule has 0 aromatic heterocycles. The molecular weight excluding hydrogens is 182 g/mol. The van der Waals surface area contributed by atoms with Crippen molar-refractivity contribution in [1.82, 2.24) is 4.90 Å². The summed E-state index contributed by atoms with van der Waals surface area (Å²) >= 11 is 0. The molecule has 0 aliphatic carbocycles. The second kappa shape index (κ2) is 4.80. The molecule has 0 radical (unpaired) electrons. The number of nitrogens with zero attached hydrogens (tertiary/aromatic N) is 1. The van der Waals surface area contributed by atoms with Crippen LogP contribution < -0.4 is 0 Å². The Labute approximate surface area is 93.1 Å². The van der Waals surface area contributed by atoms with Crippen molar-refractivity contribution in [2.24, 2.45) is 5.92 Å². The third-order valence-corrected chi connectivity index (χ3v) is 3.40. The maximum atomic E-state index is 2.51. The van der Waals surface area contributed by atoms with E-state index in [0.717, 1.165) is 12.3 Å². The molecule has 0 unspecified atom stereocenters. The molecule has 1 fully saturated rings. The lowest BCUT2D eigenvalue weighted by Gasteiger charge is -2.38. The molecular formula is C14H21N. The van der Waals surface area contributed by atoms with Crippen molar-refractivity contribution >= 4 is 0 Å². The molecule has 1 heteroatoms. The van der Waals surface area contributed by atoms with Crippen LogP contribution in [0.4, 0.5) is 0 Å². The van der Waals surface area contributed by atoms with Gasteiger partial charge in [0.05, 0.1) is 0 Å². The molecule has 1 aliphatic rings. The van der Waals surface area contributed by atoms with Crippen LogP contribution in [-0.4, -0.2) is 24.5 Å². The van der Waals surface area contributed by atoms with E-state index in [1.54, 1.807) is 0 Å². The summed E-state index contributed by atoms with van der Waals surface area (Å²) in [4.78, 5) is 2.51. The number of hydrogen-bond donors (Lipinski definition) is 0. The number of hydrogen-bond acceptors (Lipinski definition) is 1. The van der Waals surface area contributed by atoms with Gasteiger partial charge in [0.1, 0.15) is 0 Å². The molecule has 1 aromatic carbocycles. The second-order valence-corrected chi connectivity index (χ2v) is 4.60. The van der Waals surface area contributed by atoms with E-state index in [9.17, 15) is 0 Å². The second-order valence-electron chi connectivity index (χ2n) is 4.60. The van der Waals surface area contributed by atoms with Gasteiger partial charge < -0.3 is 4.90 Å². The van der Waals surface area contributed by atoms with E-state index >= 15 is 0 Å². The summed E-state index contributed by atoms with van der Waals surface area (Å²) in [7, 11) is 0. The predicted molar refractivity (Wildman–Crippen MR) is 65.1 cm³/mol. The average Bonchev–Trinajstić information content (AvgIpc) is 2.23. The van der Waals surface area contributed by atoms with Crippen LogP contribution in [-0.2, 0) is 12.8 Å². The molecule has 15 heavy (non-hydrogen) atoms. The van der Waals surface area contributed by atoms with Gasteiger partial charge >= 0.3 is 0 Å². The Bertz CT molecular complexity index is 313. The van der Waals surface area contributed by atoms with Gasteiger partial charge in [-0.1, -0.05) is 38.1 Å². The number of benzene rings is 1. The lowest BCUT2D eigenvalue weighted by atomic mass is 9.91. The number of rotatable bonds is 4. The van der Waals surface area contributed by atoms with Crippen LogP contribution in [0.25, 0.3) is 0 Å². The first-order valence-corrected chi connectivity index (χ1v) is 6.12. The lowest BCUT2D eigenvalue weighted by Crippen LogP contribution is -2.47. The van der Waals surface area contributed by atoms with E-state index in [1.807, 2.05) is 0 Å². The van der Waals surface area contributed by atoms with Crippen LogP contribution in [0.15, 0.2) is 24.3 Å². The van der Waals surface area contributed by atoms with Gasteiger partial charge in [0.15, 0.2) is 0 Å². The summed E-state index contributed by atoms with van der Waals surface area (Å²) in [5, 5.41) is 0. The molecule has 1 nitrogen and oxygen atoms in total. The zero-order valence-electron chi connectivity index (χ0n) is 9.87. The number of likely N-dealkylation sites (tertiary alicyclic amines) is 1. The third-order valence-electron chi connectivity index (χ3n) is 3.40. The summed E-state index contributed by atoms with van der Waals surface area (Å²) < 4.78 is 0. The summed E-state index contributed by atoms with van der Waals surface area (Å²) in [6.07, 6.45) is 2.42. The molecule has 0 N–H and O–H groups in total. The van der Waals surface area contributed by atoms with Gasteiger partial charge in [0, 0.05) is 13.1 Å². The predicted octanol–water partition coefficient (Wildman–Crippen LogP) is 2.74. The Morgan fingerprint density at radius 2 is 1.93 bits per heavy atom. The smallest absolute Gasteiger partial charge is 0.00251 e. The number of aryl methyl sites for hydroxylation is 1. The summed E-state index contributed by atoms with van der Waals surface area (Å²) in [6, 6.07) is 9.06. The van der Waals surface area contributed by atoms with Crippen LogP contribution >= 0.6 is 0 Å². The summed E-state index contributed by atoms with van der Waals surface area (Å²) in [6.45, 7) is 8.28. The summed E-state index contributed by atoms with van der Waals surface area (Å²) in [5.74, 6) is 0.900. The SMILES string of the molecule is CCc1cccc(CC2CN(CC)C2)c1. The van der Waals surface area contributed by atoms with Gasteiger partial charge in [0.25, 0.3) is 0 Å². The fourth-order valence-electron chi connectivity index (χ4n) is 2.37. The van der Waals surface area contributed by atoms with Crippen LogP contribution in [0.2, 0.25) is 0 Å². The van der Waals surface area contributed by atoms with Gasteiger partial charge in [-0.15, -0.1) is 0 Å². The minimum absolute atomic E-state index is 0.900. The molecule has 0 bridgehead atoms. The molecule has 1 aromatic rings. The van der Waals surface area contributed by atoms with Crippen molar-refractivity contribution in [2.45, 2.75) is 26.7 Å². The van der Waals surface area contributed by atoms with Gasteiger partial charge in [-0.25, -0.2) is 0 Å². The van der Waals surface area contributed by atoms with Gasteiger partial charge in [-0.3, -0.25) is 0 Å². The van der Waals surface area contributed by atoms with Crippen LogP contribution in [0.3, 0.4) is 0 Å². The normalized spacial score (nSPS) is 17.7. The monoisotopic (exact) mass is 203 g/mol. The first-order chi connectivity index (χ1) is 7.31. The van der Waals surface area contributed by atoms with Crippen molar-refractivity contribution in [3.8, 4) is 0 Å². The first-order valence-electron chi connectivity index (χ1n) is 6.12. The zero-order valence-corrected chi connectivity index (χ0v) is 9.87. The molecule has 0 saturated carbocycles. The highest BCUT2D eigenvalue weighted by Gasteiger charge is 2.24. The van der Waals surface area contributed by atoms with Crippen molar-refractivity contribution in [3.63, 3.8) is 0 Å². The van der Waals surface area contributed by atoms with E-state index in [1.165, 1.54) is 37.2 Å². The standard InChI is InChI=1S/C14H21N/c1-3-12-6-5-7-13(8-12)9-14-10-15(4-2)11-14/h5-8,14H,3-4,9-11H2,1-2H3. The van der Waals surface area contributed by atoms with E-state index in [0.29, 0.717) is 0 Å². The van der Waals surface area contributed by atoms with Crippen molar-refractivity contribution in [1.29, 1.82) is 0 Å². The minimum atomic E-state index is 0.900. The fraction of sp³-hybridized carbons (Fsp3) is 0.571. The van der Waals surface area contributed by atoms with E-state index in [2.05, 4.69) is 43.0 Å². The van der Waals surface area contributed by atoms with E-state index in [-0.39, 0.29) is 0 Å². The van der Waals surface area contributed by atoms with Crippen molar-refractivity contribution in [2.75, 3.05) is 19.6 Å². The quantitative estimate of drug-likeness (QED) is 0.727. The minimum Gasteiger partial charge on any atom is -0.303 e. The third kappa shape index (κ3) is 2.60. The molecule has 0 amide bonds. The molecule has 2 rings (SSSR count). The van der Waals surface area contributed by atoms with Gasteiger partial charge in [-0.2, -0.15) is 0 Å². The first kappa shape index (κ1) is 10.7. The Morgan fingerprint density at radius 3 is 2.60 bits per heavy atom.